The van der Waals surface area contributed by atoms with Gasteiger partial charge < -0.3 is 4.90 Å². The SMILES string of the molecule is O=C(N1CCc2ccccc21)C1(c2ccc(F)cc2)CC1. The summed E-state index contributed by atoms with van der Waals surface area (Å²) in [5.74, 6) is -0.0902. The summed E-state index contributed by atoms with van der Waals surface area (Å²) in [4.78, 5) is 14.9. The van der Waals surface area contributed by atoms with E-state index in [4.69, 9.17) is 0 Å². The van der Waals surface area contributed by atoms with Gasteiger partial charge in [0, 0.05) is 12.2 Å². The van der Waals surface area contributed by atoms with Crippen LogP contribution < -0.4 is 4.90 Å². The van der Waals surface area contributed by atoms with Crippen molar-refractivity contribution in [1.82, 2.24) is 0 Å². The van der Waals surface area contributed by atoms with Crippen LogP contribution in [0.1, 0.15) is 24.0 Å². The second-order valence-corrected chi connectivity index (χ2v) is 5.92. The first-order valence-corrected chi connectivity index (χ1v) is 7.37. The lowest BCUT2D eigenvalue weighted by Gasteiger charge is -2.24. The number of para-hydroxylation sites is 1. The molecule has 3 heteroatoms. The minimum Gasteiger partial charge on any atom is -0.311 e. The van der Waals surface area contributed by atoms with Gasteiger partial charge in [-0.3, -0.25) is 4.79 Å². The van der Waals surface area contributed by atoms with Gasteiger partial charge in [-0.15, -0.1) is 0 Å². The molecular weight excluding hydrogens is 265 g/mol. The second-order valence-electron chi connectivity index (χ2n) is 5.92. The highest BCUT2D eigenvalue weighted by Crippen LogP contribution is 2.50. The fourth-order valence-electron chi connectivity index (χ4n) is 3.33. The van der Waals surface area contributed by atoms with Gasteiger partial charge >= 0.3 is 0 Å². The molecule has 0 spiro atoms. The lowest BCUT2D eigenvalue weighted by Crippen LogP contribution is -2.38. The molecule has 2 aliphatic rings. The van der Waals surface area contributed by atoms with Crippen LogP contribution in [0, 0.1) is 5.82 Å². The molecule has 0 aromatic heterocycles. The minimum atomic E-state index is -0.425. The maximum Gasteiger partial charge on any atom is 0.237 e. The van der Waals surface area contributed by atoms with E-state index in [9.17, 15) is 9.18 Å². The van der Waals surface area contributed by atoms with Gasteiger partial charge in [0.2, 0.25) is 5.91 Å². The zero-order chi connectivity index (χ0) is 14.4. The first-order valence-electron chi connectivity index (χ1n) is 7.37. The molecule has 0 unspecified atom stereocenters. The Morgan fingerprint density at radius 3 is 2.48 bits per heavy atom. The van der Waals surface area contributed by atoms with Crippen molar-refractivity contribution in [2.24, 2.45) is 0 Å². The van der Waals surface area contributed by atoms with Gasteiger partial charge in [0.05, 0.1) is 5.41 Å². The third kappa shape index (κ3) is 1.88. The summed E-state index contributed by atoms with van der Waals surface area (Å²) in [6, 6.07) is 14.5. The molecule has 1 aliphatic heterocycles. The van der Waals surface area contributed by atoms with Crippen molar-refractivity contribution in [1.29, 1.82) is 0 Å². The third-order valence-corrected chi connectivity index (χ3v) is 4.69. The van der Waals surface area contributed by atoms with Gasteiger partial charge in [0.15, 0.2) is 0 Å². The van der Waals surface area contributed by atoms with E-state index in [2.05, 4.69) is 6.07 Å². The van der Waals surface area contributed by atoms with Gasteiger partial charge in [-0.05, 0) is 48.6 Å². The number of carbonyl (C=O) groups excluding carboxylic acids is 1. The highest BCUT2D eigenvalue weighted by Gasteiger charge is 2.53. The molecule has 1 saturated carbocycles. The molecule has 106 valence electrons. The van der Waals surface area contributed by atoms with Gasteiger partial charge in [0.25, 0.3) is 0 Å². The maximum absolute atomic E-state index is 13.1. The molecule has 0 radical (unpaired) electrons. The molecule has 21 heavy (non-hydrogen) atoms. The zero-order valence-corrected chi connectivity index (χ0v) is 11.7. The van der Waals surface area contributed by atoms with Crippen molar-refractivity contribution in [2.75, 3.05) is 11.4 Å². The van der Waals surface area contributed by atoms with Gasteiger partial charge in [0.1, 0.15) is 5.82 Å². The van der Waals surface area contributed by atoms with Crippen LogP contribution in [0.15, 0.2) is 48.5 Å². The quantitative estimate of drug-likeness (QED) is 0.825. The monoisotopic (exact) mass is 281 g/mol. The molecular formula is C18H16FNO. The van der Waals surface area contributed by atoms with E-state index < -0.39 is 5.41 Å². The average Bonchev–Trinajstić information content (AvgIpc) is 3.21. The molecule has 1 amide bonds. The maximum atomic E-state index is 13.1. The smallest absolute Gasteiger partial charge is 0.237 e. The number of fused-ring (bicyclic) bond motifs is 1. The van der Waals surface area contributed by atoms with Gasteiger partial charge in [-0.2, -0.15) is 0 Å². The summed E-state index contributed by atoms with van der Waals surface area (Å²) >= 11 is 0. The normalized spacial score (nSPS) is 18.4. The summed E-state index contributed by atoms with van der Waals surface area (Å²) in [6.45, 7) is 0.751. The van der Waals surface area contributed by atoms with Crippen LogP contribution in [0.4, 0.5) is 10.1 Å². The van der Waals surface area contributed by atoms with Crippen molar-refractivity contribution in [3.05, 3.63) is 65.5 Å². The Kier molecular flexibility index (Phi) is 2.64. The minimum absolute atomic E-state index is 0.166. The van der Waals surface area contributed by atoms with Crippen LogP contribution in [0.5, 0.6) is 0 Å². The number of rotatable bonds is 2. The molecule has 2 aromatic carbocycles. The number of carbonyl (C=O) groups is 1. The van der Waals surface area contributed by atoms with E-state index in [1.165, 1.54) is 17.7 Å². The number of hydrogen-bond donors (Lipinski definition) is 0. The molecule has 0 N–H and O–H groups in total. The van der Waals surface area contributed by atoms with Crippen molar-refractivity contribution < 1.29 is 9.18 Å². The number of hydrogen-bond acceptors (Lipinski definition) is 1. The second kappa shape index (κ2) is 4.42. The Morgan fingerprint density at radius 1 is 1.05 bits per heavy atom. The van der Waals surface area contributed by atoms with Gasteiger partial charge in [-0.1, -0.05) is 30.3 Å². The lowest BCUT2D eigenvalue weighted by atomic mass is 9.94. The van der Waals surface area contributed by atoms with Crippen molar-refractivity contribution in [3.8, 4) is 0 Å². The highest BCUT2D eigenvalue weighted by molar-refractivity contribution is 6.04. The molecule has 4 rings (SSSR count). The standard InChI is InChI=1S/C18H16FNO/c19-15-7-5-14(6-8-15)18(10-11-18)17(21)20-12-9-13-3-1-2-4-16(13)20/h1-8H,9-12H2. The van der Waals surface area contributed by atoms with Crippen molar-refractivity contribution in [2.45, 2.75) is 24.7 Å². The van der Waals surface area contributed by atoms with E-state index in [0.29, 0.717) is 0 Å². The van der Waals surface area contributed by atoms with E-state index >= 15 is 0 Å². The van der Waals surface area contributed by atoms with E-state index in [1.54, 1.807) is 12.1 Å². The summed E-state index contributed by atoms with van der Waals surface area (Å²) < 4.78 is 13.1. The summed E-state index contributed by atoms with van der Waals surface area (Å²) in [6.07, 6.45) is 2.63. The predicted octanol–water partition coefficient (Wildman–Crippen LogP) is 3.45. The Balaban J connectivity index is 1.68. The van der Waals surface area contributed by atoms with Crippen LogP contribution in [-0.2, 0) is 16.6 Å². The molecule has 0 atom stereocenters. The van der Waals surface area contributed by atoms with E-state index in [1.807, 2.05) is 23.1 Å². The lowest BCUT2D eigenvalue weighted by molar-refractivity contribution is -0.120. The summed E-state index contributed by atoms with van der Waals surface area (Å²) in [5, 5.41) is 0. The Hall–Kier alpha value is -2.16. The number of nitrogens with zero attached hydrogens (tertiary/aromatic N) is 1. The molecule has 1 fully saturated rings. The van der Waals surface area contributed by atoms with E-state index in [-0.39, 0.29) is 11.7 Å². The largest absolute Gasteiger partial charge is 0.311 e. The molecule has 1 aliphatic carbocycles. The Bertz CT molecular complexity index is 703. The van der Waals surface area contributed by atoms with Crippen LogP contribution in [-0.4, -0.2) is 12.5 Å². The fraction of sp³-hybridized carbons (Fsp3) is 0.278. The molecule has 0 bridgehead atoms. The molecule has 2 aromatic rings. The zero-order valence-electron chi connectivity index (χ0n) is 11.7. The number of anilines is 1. The summed E-state index contributed by atoms with van der Waals surface area (Å²) in [7, 11) is 0. The topological polar surface area (TPSA) is 20.3 Å². The first kappa shape index (κ1) is 12.6. The highest BCUT2D eigenvalue weighted by atomic mass is 19.1. The predicted molar refractivity (Wildman–Crippen MR) is 79.8 cm³/mol. The molecule has 2 nitrogen and oxygen atoms in total. The van der Waals surface area contributed by atoms with Crippen LogP contribution in [0.2, 0.25) is 0 Å². The number of benzene rings is 2. The van der Waals surface area contributed by atoms with Crippen LogP contribution in [0.25, 0.3) is 0 Å². The Labute approximate surface area is 123 Å². The number of amides is 1. The first-order chi connectivity index (χ1) is 10.2. The Morgan fingerprint density at radius 2 is 1.76 bits per heavy atom. The summed E-state index contributed by atoms with van der Waals surface area (Å²) in [5.41, 5.74) is 2.79. The number of halogens is 1. The van der Waals surface area contributed by atoms with E-state index in [0.717, 1.165) is 37.1 Å². The molecule has 1 heterocycles. The third-order valence-electron chi connectivity index (χ3n) is 4.69. The van der Waals surface area contributed by atoms with Crippen molar-refractivity contribution >= 4 is 11.6 Å². The van der Waals surface area contributed by atoms with Crippen LogP contribution in [0.3, 0.4) is 0 Å². The molecule has 0 saturated heterocycles. The van der Waals surface area contributed by atoms with Crippen LogP contribution >= 0.6 is 0 Å². The average molecular weight is 281 g/mol. The van der Waals surface area contributed by atoms with Gasteiger partial charge in [-0.25, -0.2) is 4.39 Å². The fourth-order valence-corrected chi connectivity index (χ4v) is 3.33. The van der Waals surface area contributed by atoms with Crippen molar-refractivity contribution in [3.63, 3.8) is 0 Å².